The van der Waals surface area contributed by atoms with Crippen molar-refractivity contribution in [2.24, 2.45) is 18.0 Å². The molecule has 1 saturated heterocycles. The quantitative estimate of drug-likeness (QED) is 0.336. The van der Waals surface area contributed by atoms with Crippen LogP contribution in [-0.2, 0) is 20.0 Å². The summed E-state index contributed by atoms with van der Waals surface area (Å²) in [7, 11) is 5.93. The molecule has 1 aliphatic heterocycles. The van der Waals surface area contributed by atoms with E-state index in [9.17, 15) is 0 Å². The normalized spacial score (nSPS) is 17.2. The largest absolute Gasteiger partial charge is 0.356 e. The topological polar surface area (TPSA) is 35.8 Å². The maximum Gasteiger partial charge on any atom is 0.193 e. The van der Waals surface area contributed by atoms with Gasteiger partial charge in [-0.3, -0.25) is 4.99 Å². The van der Waals surface area contributed by atoms with Crippen LogP contribution in [0.2, 0.25) is 5.02 Å². The van der Waals surface area contributed by atoms with Crippen molar-refractivity contribution in [3.05, 3.63) is 58.9 Å². The fraction of sp³-hybridized carbons (Fsp3) is 0.500. The van der Waals surface area contributed by atoms with Gasteiger partial charge in [0.1, 0.15) is 0 Å². The lowest BCUT2D eigenvalue weighted by Gasteiger charge is -2.24. The van der Waals surface area contributed by atoms with Crippen molar-refractivity contribution < 1.29 is 0 Å². The van der Waals surface area contributed by atoms with Gasteiger partial charge >= 0.3 is 0 Å². The molecular weight excluding hydrogens is 497 g/mol. The number of aliphatic imine (C=N–C) groups is 1. The molecule has 2 heterocycles. The van der Waals surface area contributed by atoms with Gasteiger partial charge in [0.05, 0.1) is 11.6 Å². The van der Waals surface area contributed by atoms with E-state index in [0.29, 0.717) is 5.92 Å². The van der Waals surface area contributed by atoms with Crippen LogP contribution in [0, 0.1) is 5.92 Å². The minimum absolute atomic E-state index is 0. The third kappa shape index (κ3) is 7.19. The summed E-state index contributed by atoms with van der Waals surface area (Å²) >= 11 is 6.10. The summed E-state index contributed by atoms with van der Waals surface area (Å²) in [4.78, 5) is 9.18. The molecule has 0 aliphatic carbocycles. The van der Waals surface area contributed by atoms with Gasteiger partial charge in [0.25, 0.3) is 0 Å². The van der Waals surface area contributed by atoms with Gasteiger partial charge in [-0.2, -0.15) is 0 Å². The maximum absolute atomic E-state index is 6.10. The summed E-state index contributed by atoms with van der Waals surface area (Å²) in [5.41, 5.74) is 2.59. The highest BCUT2D eigenvalue weighted by molar-refractivity contribution is 14.0. The first-order valence-electron chi connectivity index (χ1n) is 10.0. The molecule has 0 radical (unpaired) electrons. The van der Waals surface area contributed by atoms with Crippen molar-refractivity contribution >= 4 is 41.5 Å². The molecule has 0 bridgehead atoms. The van der Waals surface area contributed by atoms with Crippen LogP contribution in [0.15, 0.2) is 47.6 Å². The number of halogens is 2. The number of guanidine groups is 1. The molecule has 2 aromatic rings. The van der Waals surface area contributed by atoms with E-state index in [1.807, 2.05) is 26.4 Å². The number of benzene rings is 1. The van der Waals surface area contributed by atoms with Crippen LogP contribution < -0.4 is 5.32 Å². The van der Waals surface area contributed by atoms with Gasteiger partial charge in [-0.25, -0.2) is 0 Å². The molecule has 1 N–H and O–H groups in total. The van der Waals surface area contributed by atoms with Crippen LogP contribution in [0.5, 0.6) is 0 Å². The maximum atomic E-state index is 6.10. The molecule has 5 nitrogen and oxygen atoms in total. The fourth-order valence-corrected chi connectivity index (χ4v) is 4.15. The van der Waals surface area contributed by atoms with Gasteiger partial charge in [-0.1, -0.05) is 41.9 Å². The highest BCUT2D eigenvalue weighted by atomic mass is 127. The monoisotopic (exact) mass is 529 g/mol. The van der Waals surface area contributed by atoms with E-state index in [4.69, 9.17) is 11.6 Å². The smallest absolute Gasteiger partial charge is 0.193 e. The predicted octanol–water partition coefficient (Wildman–Crippen LogP) is 3.87. The Morgan fingerprint density at radius 1 is 1.31 bits per heavy atom. The molecular formula is C22H33ClIN5. The van der Waals surface area contributed by atoms with Gasteiger partial charge in [0.2, 0.25) is 0 Å². The molecule has 3 rings (SSSR count). The molecule has 29 heavy (non-hydrogen) atoms. The molecule has 1 aliphatic rings. The van der Waals surface area contributed by atoms with Crippen LogP contribution >= 0.6 is 35.6 Å². The number of aromatic nitrogens is 1. The first-order valence-corrected chi connectivity index (χ1v) is 10.4. The number of nitrogens with zero attached hydrogens (tertiary/aromatic N) is 4. The van der Waals surface area contributed by atoms with Crippen LogP contribution in [0.3, 0.4) is 0 Å². The van der Waals surface area contributed by atoms with E-state index in [2.05, 4.69) is 62.1 Å². The Labute approximate surface area is 197 Å². The third-order valence-electron chi connectivity index (χ3n) is 5.53. The standard InChI is InChI=1S/C22H32ClN5.HI/c1-24-22(27(3)17-21-13-20(23)16-26(21)2)25-14-19-10-12-28(15-19)11-9-18-7-5-4-6-8-18;/h4-8,13,16,19H,9-12,14-15,17H2,1-3H3,(H,24,25);1H. The SMILES string of the molecule is CN=C(NCC1CCN(CCc2ccccc2)C1)N(C)Cc1cc(Cl)cn1C.I. The summed E-state index contributed by atoms with van der Waals surface area (Å²) in [6.07, 6.45) is 4.31. The number of hydrogen-bond donors (Lipinski definition) is 1. The second-order valence-corrected chi connectivity index (χ2v) is 8.17. The molecule has 1 atom stereocenters. The van der Waals surface area contributed by atoms with E-state index < -0.39 is 0 Å². The molecule has 7 heteroatoms. The van der Waals surface area contributed by atoms with Crippen molar-refractivity contribution in [1.29, 1.82) is 0 Å². The zero-order valence-corrected chi connectivity index (χ0v) is 20.7. The highest BCUT2D eigenvalue weighted by Crippen LogP contribution is 2.17. The number of aryl methyl sites for hydroxylation is 1. The van der Waals surface area contributed by atoms with Crippen LogP contribution in [0.1, 0.15) is 17.7 Å². The molecule has 0 spiro atoms. The number of likely N-dealkylation sites (tertiary alicyclic amines) is 1. The lowest BCUT2D eigenvalue weighted by molar-refractivity contribution is 0.327. The molecule has 1 aromatic heterocycles. The Morgan fingerprint density at radius 2 is 2.07 bits per heavy atom. The summed E-state index contributed by atoms with van der Waals surface area (Å²) in [5, 5.41) is 4.33. The average molecular weight is 530 g/mol. The van der Waals surface area contributed by atoms with Crippen LogP contribution in [-0.4, -0.2) is 60.6 Å². The van der Waals surface area contributed by atoms with Crippen molar-refractivity contribution in [2.45, 2.75) is 19.4 Å². The lowest BCUT2D eigenvalue weighted by Crippen LogP contribution is -2.41. The molecule has 160 valence electrons. The first-order chi connectivity index (χ1) is 13.5. The van der Waals surface area contributed by atoms with Gasteiger partial charge in [-0.05, 0) is 36.9 Å². The first kappa shape index (κ1) is 24.0. The number of nitrogens with one attached hydrogen (secondary N) is 1. The summed E-state index contributed by atoms with van der Waals surface area (Å²) in [6, 6.07) is 12.8. The van der Waals surface area contributed by atoms with E-state index in [1.165, 1.54) is 24.2 Å². The Balaban J connectivity index is 0.00000300. The molecule has 0 saturated carbocycles. The van der Waals surface area contributed by atoms with Crippen LogP contribution in [0.4, 0.5) is 0 Å². The van der Waals surface area contributed by atoms with E-state index in [1.54, 1.807) is 0 Å². The second-order valence-electron chi connectivity index (χ2n) is 7.74. The van der Waals surface area contributed by atoms with Gasteiger partial charge in [0.15, 0.2) is 5.96 Å². The molecule has 1 fully saturated rings. The summed E-state index contributed by atoms with van der Waals surface area (Å²) in [6.45, 7) is 5.23. The van der Waals surface area contributed by atoms with Gasteiger partial charge < -0.3 is 19.7 Å². The minimum atomic E-state index is 0. The lowest BCUT2D eigenvalue weighted by atomic mass is 10.1. The molecule has 1 unspecified atom stereocenters. The Kier molecular flexibility index (Phi) is 9.79. The summed E-state index contributed by atoms with van der Waals surface area (Å²) < 4.78 is 2.06. The van der Waals surface area contributed by atoms with Gasteiger partial charge in [-0.15, -0.1) is 24.0 Å². The number of hydrogen-bond acceptors (Lipinski definition) is 2. The zero-order chi connectivity index (χ0) is 19.9. The summed E-state index contributed by atoms with van der Waals surface area (Å²) in [5.74, 6) is 1.60. The van der Waals surface area contributed by atoms with E-state index in [-0.39, 0.29) is 24.0 Å². The Morgan fingerprint density at radius 3 is 2.72 bits per heavy atom. The third-order valence-corrected chi connectivity index (χ3v) is 5.73. The van der Waals surface area contributed by atoms with Crippen molar-refractivity contribution in [3.8, 4) is 0 Å². The van der Waals surface area contributed by atoms with E-state index >= 15 is 0 Å². The molecule has 0 amide bonds. The average Bonchev–Trinajstić information content (AvgIpc) is 3.27. The van der Waals surface area contributed by atoms with Crippen molar-refractivity contribution in [2.75, 3.05) is 40.3 Å². The van der Waals surface area contributed by atoms with Crippen molar-refractivity contribution in [3.63, 3.8) is 0 Å². The Hall–Kier alpha value is -1.25. The number of rotatable bonds is 7. The predicted molar refractivity (Wildman–Crippen MR) is 133 cm³/mol. The Bertz CT molecular complexity index is 777. The zero-order valence-electron chi connectivity index (χ0n) is 17.6. The highest BCUT2D eigenvalue weighted by Gasteiger charge is 2.22. The molecule has 1 aromatic carbocycles. The fourth-order valence-electron chi connectivity index (χ4n) is 3.88. The van der Waals surface area contributed by atoms with Crippen molar-refractivity contribution in [1.82, 2.24) is 19.7 Å². The second kappa shape index (κ2) is 11.8. The van der Waals surface area contributed by atoms with Crippen LogP contribution in [0.25, 0.3) is 0 Å². The van der Waals surface area contributed by atoms with Gasteiger partial charge in [0, 0.05) is 52.7 Å². The minimum Gasteiger partial charge on any atom is -0.356 e. The van der Waals surface area contributed by atoms with E-state index in [0.717, 1.165) is 43.6 Å².